The summed E-state index contributed by atoms with van der Waals surface area (Å²) in [5, 5.41) is 11.3. The normalized spacial score (nSPS) is 10.7. The fourth-order valence-corrected chi connectivity index (χ4v) is 2.55. The van der Waals surface area contributed by atoms with Gasteiger partial charge in [0.1, 0.15) is 12.9 Å². The van der Waals surface area contributed by atoms with E-state index in [0.29, 0.717) is 30.6 Å². The molecule has 0 fully saturated rings. The molecule has 3 aromatic rings. The number of carboxylic acid groups (broad SMARTS) is 1. The van der Waals surface area contributed by atoms with Crippen molar-refractivity contribution in [1.29, 1.82) is 0 Å². The molecule has 1 amide bonds. The van der Waals surface area contributed by atoms with Gasteiger partial charge in [-0.1, -0.05) is 30.3 Å². The molecule has 0 bridgehead atoms. The van der Waals surface area contributed by atoms with Gasteiger partial charge in [0.05, 0.1) is 6.33 Å². The molecule has 2 heterocycles. The van der Waals surface area contributed by atoms with Gasteiger partial charge in [-0.3, -0.25) is 10.1 Å². The van der Waals surface area contributed by atoms with E-state index < -0.39 is 12.1 Å². The third kappa shape index (κ3) is 5.00. The Balaban J connectivity index is 1.61. The third-order valence-corrected chi connectivity index (χ3v) is 3.87. The van der Waals surface area contributed by atoms with E-state index in [9.17, 15) is 9.59 Å². The number of aromatic nitrogens is 4. The summed E-state index contributed by atoms with van der Waals surface area (Å²) in [7, 11) is 0. The summed E-state index contributed by atoms with van der Waals surface area (Å²) in [6.45, 7) is 0.734. The first-order valence-corrected chi connectivity index (χ1v) is 8.49. The van der Waals surface area contributed by atoms with E-state index in [1.807, 2.05) is 30.3 Å². The average molecular weight is 369 g/mol. The predicted molar refractivity (Wildman–Crippen MR) is 97.1 cm³/mol. The summed E-state index contributed by atoms with van der Waals surface area (Å²) in [5.74, 6) is -0.546. The number of nitrogens with one attached hydrogen (secondary N) is 1. The number of ether oxygens (including phenoxy) is 1. The van der Waals surface area contributed by atoms with E-state index in [1.165, 1.54) is 6.33 Å². The average Bonchev–Trinajstić information content (AvgIpc) is 3.08. The molecule has 3 rings (SSSR count). The fourth-order valence-electron chi connectivity index (χ4n) is 2.55. The topological polar surface area (TPSA) is 119 Å². The van der Waals surface area contributed by atoms with Crippen LogP contribution >= 0.6 is 0 Å². The van der Waals surface area contributed by atoms with Gasteiger partial charge in [0.25, 0.3) is 0 Å². The van der Waals surface area contributed by atoms with Gasteiger partial charge in [0.2, 0.25) is 0 Å². The molecule has 2 aromatic heterocycles. The van der Waals surface area contributed by atoms with Crippen LogP contribution in [0.25, 0.3) is 11.2 Å². The number of unbranched alkanes of at least 4 members (excludes halogenated alkanes) is 1. The lowest BCUT2D eigenvalue weighted by Crippen LogP contribution is -2.15. The molecule has 0 aliphatic rings. The maximum atomic E-state index is 12.0. The van der Waals surface area contributed by atoms with Crippen LogP contribution in [-0.2, 0) is 22.7 Å². The van der Waals surface area contributed by atoms with Gasteiger partial charge in [-0.25, -0.2) is 19.7 Å². The van der Waals surface area contributed by atoms with Gasteiger partial charge in [-0.15, -0.1) is 0 Å². The number of carbonyl (C=O) groups is 2. The quantitative estimate of drug-likeness (QED) is 0.586. The number of imidazole rings is 1. The lowest BCUT2D eigenvalue weighted by atomic mass is 10.2. The summed E-state index contributed by atoms with van der Waals surface area (Å²) in [4.78, 5) is 35.1. The number of fused-ring (bicyclic) bond motifs is 1. The number of hydrogen-bond acceptors (Lipinski definition) is 6. The minimum Gasteiger partial charge on any atom is -0.481 e. The second-order valence-electron chi connectivity index (χ2n) is 5.87. The highest BCUT2D eigenvalue weighted by Gasteiger charge is 2.13. The maximum Gasteiger partial charge on any atom is 0.413 e. The molecule has 0 aliphatic heterocycles. The molecule has 0 aliphatic carbocycles. The van der Waals surface area contributed by atoms with Crippen molar-refractivity contribution in [3.8, 4) is 0 Å². The number of amides is 1. The summed E-state index contributed by atoms with van der Waals surface area (Å²) in [6.07, 6.45) is 3.68. The standard InChI is InChI=1S/C18H19N5O4/c24-14(25)8-4-5-9-23-12-21-15-16(19-11-20-17(15)23)22-18(26)27-10-13-6-2-1-3-7-13/h1-3,6-7,11-12H,4-5,8-10H2,(H,24,25)(H,19,20,22,26). The molecule has 2 N–H and O–H groups in total. The van der Waals surface area contributed by atoms with Crippen molar-refractivity contribution in [1.82, 2.24) is 19.5 Å². The van der Waals surface area contributed by atoms with Crippen LogP contribution in [0, 0.1) is 0 Å². The van der Waals surface area contributed by atoms with Crippen LogP contribution in [0.15, 0.2) is 43.0 Å². The van der Waals surface area contributed by atoms with Crippen LogP contribution in [0.5, 0.6) is 0 Å². The van der Waals surface area contributed by atoms with E-state index in [1.54, 1.807) is 10.9 Å². The van der Waals surface area contributed by atoms with Gasteiger partial charge < -0.3 is 14.4 Å². The maximum absolute atomic E-state index is 12.0. The second kappa shape index (κ2) is 8.75. The highest BCUT2D eigenvalue weighted by atomic mass is 16.5. The fraction of sp³-hybridized carbons (Fsp3) is 0.278. The first-order chi connectivity index (χ1) is 13.1. The molecule has 0 atom stereocenters. The molecule has 0 saturated carbocycles. The van der Waals surface area contributed by atoms with E-state index in [4.69, 9.17) is 9.84 Å². The SMILES string of the molecule is O=C(O)CCCCn1cnc2c(NC(=O)OCc3ccccc3)ncnc21. The number of hydrogen-bond donors (Lipinski definition) is 2. The lowest BCUT2D eigenvalue weighted by Gasteiger charge is -2.07. The van der Waals surface area contributed by atoms with Crippen LogP contribution in [0.3, 0.4) is 0 Å². The van der Waals surface area contributed by atoms with Gasteiger partial charge in [0, 0.05) is 13.0 Å². The smallest absolute Gasteiger partial charge is 0.413 e. The largest absolute Gasteiger partial charge is 0.481 e. The van der Waals surface area contributed by atoms with Crippen LogP contribution in [0.1, 0.15) is 24.8 Å². The Bertz CT molecular complexity index is 926. The number of benzene rings is 1. The van der Waals surface area contributed by atoms with Crippen molar-refractivity contribution in [2.75, 3.05) is 5.32 Å². The Morgan fingerprint density at radius 2 is 1.93 bits per heavy atom. The zero-order valence-corrected chi connectivity index (χ0v) is 14.5. The Labute approximate surface area is 155 Å². The summed E-state index contributed by atoms with van der Waals surface area (Å²) < 4.78 is 6.99. The number of carboxylic acids is 1. The van der Waals surface area contributed by atoms with Gasteiger partial charge >= 0.3 is 12.1 Å². The van der Waals surface area contributed by atoms with Crippen molar-refractivity contribution in [3.63, 3.8) is 0 Å². The van der Waals surface area contributed by atoms with Crippen molar-refractivity contribution >= 4 is 29.0 Å². The molecule has 9 nitrogen and oxygen atoms in total. The predicted octanol–water partition coefficient (Wildman–Crippen LogP) is 2.83. The number of nitrogens with zero attached hydrogens (tertiary/aromatic N) is 4. The Kier molecular flexibility index (Phi) is 5.93. The van der Waals surface area contributed by atoms with Crippen LogP contribution < -0.4 is 5.32 Å². The third-order valence-electron chi connectivity index (χ3n) is 3.87. The number of anilines is 1. The second-order valence-corrected chi connectivity index (χ2v) is 5.87. The highest BCUT2D eigenvalue weighted by Crippen LogP contribution is 2.18. The van der Waals surface area contributed by atoms with Gasteiger partial charge in [-0.2, -0.15) is 0 Å². The molecule has 27 heavy (non-hydrogen) atoms. The van der Waals surface area contributed by atoms with Crippen LogP contribution in [0.2, 0.25) is 0 Å². The minimum absolute atomic E-state index is 0.127. The van der Waals surface area contributed by atoms with Crippen LogP contribution in [-0.4, -0.2) is 36.7 Å². The molecule has 0 saturated heterocycles. The van der Waals surface area contributed by atoms with Crippen molar-refractivity contribution in [2.24, 2.45) is 0 Å². The molecule has 1 aromatic carbocycles. The number of carbonyl (C=O) groups excluding carboxylic acids is 1. The number of aryl methyl sites for hydroxylation is 1. The zero-order chi connectivity index (χ0) is 19.1. The van der Waals surface area contributed by atoms with Crippen molar-refractivity contribution < 1.29 is 19.4 Å². The number of rotatable bonds is 8. The lowest BCUT2D eigenvalue weighted by molar-refractivity contribution is -0.137. The molecule has 0 unspecified atom stereocenters. The van der Waals surface area contributed by atoms with Crippen molar-refractivity contribution in [2.45, 2.75) is 32.4 Å². The molecular formula is C18H19N5O4. The van der Waals surface area contributed by atoms with Crippen LogP contribution in [0.4, 0.5) is 10.6 Å². The zero-order valence-electron chi connectivity index (χ0n) is 14.5. The Morgan fingerprint density at radius 1 is 1.11 bits per heavy atom. The monoisotopic (exact) mass is 369 g/mol. The van der Waals surface area contributed by atoms with Gasteiger partial charge in [0.15, 0.2) is 17.0 Å². The molecule has 9 heteroatoms. The van der Waals surface area contributed by atoms with Crippen molar-refractivity contribution in [3.05, 3.63) is 48.5 Å². The first kappa shape index (κ1) is 18.3. The minimum atomic E-state index is -0.812. The number of aliphatic carboxylic acids is 1. The molecular weight excluding hydrogens is 350 g/mol. The van der Waals surface area contributed by atoms with E-state index in [0.717, 1.165) is 5.56 Å². The molecule has 0 spiro atoms. The van der Waals surface area contributed by atoms with E-state index in [2.05, 4.69) is 20.3 Å². The summed E-state index contributed by atoms with van der Waals surface area (Å²) >= 11 is 0. The highest BCUT2D eigenvalue weighted by molar-refractivity contribution is 5.93. The molecule has 140 valence electrons. The Hall–Kier alpha value is -3.49. The molecule has 0 radical (unpaired) electrons. The first-order valence-electron chi connectivity index (χ1n) is 8.49. The summed E-state index contributed by atoms with van der Waals surface area (Å²) in [5.41, 5.74) is 1.90. The van der Waals surface area contributed by atoms with E-state index >= 15 is 0 Å². The Morgan fingerprint density at radius 3 is 2.70 bits per heavy atom. The van der Waals surface area contributed by atoms with E-state index in [-0.39, 0.29) is 18.8 Å². The summed E-state index contributed by atoms with van der Waals surface area (Å²) in [6, 6.07) is 9.35. The van der Waals surface area contributed by atoms with Gasteiger partial charge in [-0.05, 0) is 18.4 Å².